The van der Waals surface area contributed by atoms with E-state index in [9.17, 15) is 14.0 Å². The van der Waals surface area contributed by atoms with Crippen molar-refractivity contribution in [3.8, 4) is 0 Å². The Morgan fingerprint density at radius 3 is 2.39 bits per heavy atom. The van der Waals surface area contributed by atoms with Crippen molar-refractivity contribution in [2.75, 3.05) is 39.3 Å². The van der Waals surface area contributed by atoms with Crippen molar-refractivity contribution in [1.29, 1.82) is 0 Å². The second kappa shape index (κ2) is 8.14. The van der Waals surface area contributed by atoms with Gasteiger partial charge in [-0.3, -0.25) is 14.5 Å². The van der Waals surface area contributed by atoms with Gasteiger partial charge in [0.15, 0.2) is 5.76 Å². The number of halogens is 1. The summed E-state index contributed by atoms with van der Waals surface area (Å²) in [5, 5.41) is 0. The molecule has 1 aromatic carbocycles. The Kier molecular flexibility index (Phi) is 5.43. The number of carbonyl (C=O) groups excluding carboxylic acids is 2. The number of amides is 2. The summed E-state index contributed by atoms with van der Waals surface area (Å²) >= 11 is 0. The molecule has 148 valence electrons. The van der Waals surface area contributed by atoms with Crippen LogP contribution < -0.4 is 0 Å². The molecule has 4 rings (SSSR count). The minimum atomic E-state index is -0.244. The first-order valence-electron chi connectivity index (χ1n) is 9.72. The van der Waals surface area contributed by atoms with Crippen molar-refractivity contribution >= 4 is 11.8 Å². The fraction of sp³-hybridized carbons (Fsp3) is 0.429. The molecular weight excluding hydrogens is 361 g/mol. The van der Waals surface area contributed by atoms with Crippen LogP contribution in [-0.2, 0) is 4.79 Å². The predicted octanol–water partition coefficient (Wildman–Crippen LogP) is 2.54. The highest BCUT2D eigenvalue weighted by atomic mass is 19.1. The molecular formula is C21H24FN3O3. The first-order valence-corrected chi connectivity index (χ1v) is 9.72. The molecule has 6 nitrogen and oxygen atoms in total. The second-order valence-electron chi connectivity index (χ2n) is 7.33. The number of likely N-dealkylation sites (tertiary alicyclic amines) is 1. The summed E-state index contributed by atoms with van der Waals surface area (Å²) in [7, 11) is 0. The molecule has 2 fully saturated rings. The maximum Gasteiger partial charge on any atom is 0.289 e. The van der Waals surface area contributed by atoms with Gasteiger partial charge in [0, 0.05) is 32.2 Å². The Morgan fingerprint density at radius 1 is 1.00 bits per heavy atom. The standard InChI is InChI=1S/C21H24FN3O3/c22-17-7-5-16(6-8-17)18-3-1-9-25(18)15-20(26)23-10-12-24(13-11-23)21(27)19-4-2-14-28-19/h2,4-8,14,18H,1,3,9-13,15H2/t18-/m0/s1. The van der Waals surface area contributed by atoms with Gasteiger partial charge in [0.1, 0.15) is 5.82 Å². The van der Waals surface area contributed by atoms with E-state index in [1.54, 1.807) is 17.0 Å². The Balaban J connectivity index is 1.31. The van der Waals surface area contributed by atoms with Crippen LogP contribution in [0.2, 0.25) is 0 Å². The molecule has 1 atom stereocenters. The number of carbonyl (C=O) groups is 2. The first kappa shape index (κ1) is 18.7. The average Bonchev–Trinajstić information content (AvgIpc) is 3.40. The molecule has 0 N–H and O–H groups in total. The highest BCUT2D eigenvalue weighted by molar-refractivity contribution is 5.91. The van der Waals surface area contributed by atoms with Crippen LogP contribution in [0.3, 0.4) is 0 Å². The van der Waals surface area contributed by atoms with E-state index in [0.29, 0.717) is 38.5 Å². The van der Waals surface area contributed by atoms with Gasteiger partial charge in [0.25, 0.3) is 5.91 Å². The highest BCUT2D eigenvalue weighted by Crippen LogP contribution is 2.31. The first-order chi connectivity index (χ1) is 13.6. The van der Waals surface area contributed by atoms with E-state index in [-0.39, 0.29) is 23.7 Å². The summed E-state index contributed by atoms with van der Waals surface area (Å²) in [6, 6.07) is 10.1. The quantitative estimate of drug-likeness (QED) is 0.812. The summed E-state index contributed by atoms with van der Waals surface area (Å²) in [5.74, 6) is 0.0393. The zero-order valence-corrected chi connectivity index (χ0v) is 15.7. The number of hydrogen-bond acceptors (Lipinski definition) is 4. The third kappa shape index (κ3) is 3.94. The summed E-state index contributed by atoms with van der Waals surface area (Å²) in [4.78, 5) is 30.9. The molecule has 1 aromatic heterocycles. The summed E-state index contributed by atoms with van der Waals surface area (Å²) in [5.41, 5.74) is 1.06. The zero-order chi connectivity index (χ0) is 19.5. The zero-order valence-electron chi connectivity index (χ0n) is 15.7. The van der Waals surface area contributed by atoms with E-state index in [2.05, 4.69) is 4.90 Å². The van der Waals surface area contributed by atoms with Crippen LogP contribution in [0, 0.1) is 5.82 Å². The minimum absolute atomic E-state index is 0.0825. The molecule has 3 heterocycles. The molecule has 2 aromatic rings. The van der Waals surface area contributed by atoms with Crippen molar-refractivity contribution in [2.24, 2.45) is 0 Å². The van der Waals surface area contributed by atoms with E-state index in [0.717, 1.165) is 24.9 Å². The van der Waals surface area contributed by atoms with Crippen LogP contribution in [-0.4, -0.2) is 65.8 Å². The fourth-order valence-corrected chi connectivity index (χ4v) is 4.07. The van der Waals surface area contributed by atoms with Gasteiger partial charge in [-0.1, -0.05) is 12.1 Å². The maximum atomic E-state index is 13.2. The van der Waals surface area contributed by atoms with E-state index in [4.69, 9.17) is 4.42 Å². The molecule has 2 aliphatic heterocycles. The van der Waals surface area contributed by atoms with E-state index in [1.165, 1.54) is 18.4 Å². The predicted molar refractivity (Wildman–Crippen MR) is 101 cm³/mol. The van der Waals surface area contributed by atoms with Gasteiger partial charge in [-0.2, -0.15) is 0 Å². The van der Waals surface area contributed by atoms with Crippen LogP contribution >= 0.6 is 0 Å². The molecule has 28 heavy (non-hydrogen) atoms. The molecule has 0 spiro atoms. The lowest BCUT2D eigenvalue weighted by molar-refractivity contribution is -0.134. The van der Waals surface area contributed by atoms with Gasteiger partial charge < -0.3 is 14.2 Å². The highest BCUT2D eigenvalue weighted by Gasteiger charge is 2.31. The molecule has 0 unspecified atom stereocenters. The van der Waals surface area contributed by atoms with Crippen molar-refractivity contribution in [2.45, 2.75) is 18.9 Å². The largest absolute Gasteiger partial charge is 0.459 e. The molecule has 2 aliphatic rings. The van der Waals surface area contributed by atoms with Crippen LogP contribution in [0.5, 0.6) is 0 Å². The molecule has 0 bridgehead atoms. The normalized spacial score (nSPS) is 20.5. The van der Waals surface area contributed by atoms with E-state index < -0.39 is 0 Å². The lowest BCUT2D eigenvalue weighted by Crippen LogP contribution is -2.52. The van der Waals surface area contributed by atoms with Crippen LogP contribution in [0.1, 0.15) is 35.0 Å². The van der Waals surface area contributed by atoms with Crippen LogP contribution in [0.4, 0.5) is 4.39 Å². The number of nitrogens with zero attached hydrogens (tertiary/aromatic N) is 3. The Bertz CT molecular complexity index is 814. The van der Waals surface area contributed by atoms with Gasteiger partial charge in [0.2, 0.25) is 5.91 Å². The Hall–Kier alpha value is -2.67. The number of rotatable bonds is 4. The van der Waals surface area contributed by atoms with E-state index in [1.807, 2.05) is 17.0 Å². The van der Waals surface area contributed by atoms with Crippen LogP contribution in [0.15, 0.2) is 47.1 Å². The van der Waals surface area contributed by atoms with Crippen molar-refractivity contribution < 1.29 is 18.4 Å². The third-order valence-electron chi connectivity index (χ3n) is 5.61. The SMILES string of the molecule is O=C(CN1CCC[C@H]1c1ccc(F)cc1)N1CCN(C(=O)c2ccco2)CC1. The number of benzene rings is 1. The Morgan fingerprint density at radius 2 is 1.71 bits per heavy atom. The smallest absolute Gasteiger partial charge is 0.289 e. The van der Waals surface area contributed by atoms with Crippen molar-refractivity contribution in [1.82, 2.24) is 14.7 Å². The maximum absolute atomic E-state index is 13.2. The van der Waals surface area contributed by atoms with Gasteiger partial charge in [-0.05, 0) is 49.2 Å². The molecule has 0 aliphatic carbocycles. The Labute approximate surface area is 163 Å². The minimum Gasteiger partial charge on any atom is -0.459 e. The lowest BCUT2D eigenvalue weighted by Gasteiger charge is -2.35. The van der Waals surface area contributed by atoms with E-state index >= 15 is 0 Å². The molecule has 0 radical (unpaired) electrons. The molecule has 2 amide bonds. The number of furan rings is 1. The lowest BCUT2D eigenvalue weighted by atomic mass is 10.0. The van der Waals surface area contributed by atoms with Gasteiger partial charge in [-0.15, -0.1) is 0 Å². The third-order valence-corrected chi connectivity index (χ3v) is 5.61. The van der Waals surface area contributed by atoms with Crippen LogP contribution in [0.25, 0.3) is 0 Å². The number of hydrogen-bond donors (Lipinski definition) is 0. The fourth-order valence-electron chi connectivity index (χ4n) is 4.07. The van der Waals surface area contributed by atoms with Gasteiger partial charge in [-0.25, -0.2) is 4.39 Å². The summed E-state index contributed by atoms with van der Waals surface area (Å²) in [6.07, 6.45) is 3.49. The van der Waals surface area contributed by atoms with Gasteiger partial charge >= 0.3 is 0 Å². The average molecular weight is 385 g/mol. The topological polar surface area (TPSA) is 57.0 Å². The number of piperazine rings is 1. The van der Waals surface area contributed by atoms with Crippen molar-refractivity contribution in [3.05, 3.63) is 59.8 Å². The molecule has 0 saturated carbocycles. The van der Waals surface area contributed by atoms with Crippen molar-refractivity contribution in [3.63, 3.8) is 0 Å². The summed E-state index contributed by atoms with van der Waals surface area (Å²) in [6.45, 7) is 3.29. The van der Waals surface area contributed by atoms with Gasteiger partial charge in [0.05, 0.1) is 12.8 Å². The molecule has 7 heteroatoms. The monoisotopic (exact) mass is 385 g/mol. The second-order valence-corrected chi connectivity index (χ2v) is 7.33. The summed E-state index contributed by atoms with van der Waals surface area (Å²) < 4.78 is 18.4. The molecule has 2 saturated heterocycles.